The molecule has 0 aromatic carbocycles. The molecule has 0 saturated carbocycles. The van der Waals surface area contributed by atoms with Crippen molar-refractivity contribution in [3.63, 3.8) is 0 Å². The quantitative estimate of drug-likeness (QED) is 0.665. The van der Waals surface area contributed by atoms with Gasteiger partial charge in [-0.25, -0.2) is 0 Å². The second kappa shape index (κ2) is 4.78. The van der Waals surface area contributed by atoms with Crippen LogP contribution in [-0.2, 0) is 4.79 Å². The van der Waals surface area contributed by atoms with E-state index >= 15 is 0 Å². The van der Waals surface area contributed by atoms with E-state index in [1.807, 2.05) is 0 Å². The topological polar surface area (TPSA) is 40.5 Å². The first-order valence-electron chi connectivity index (χ1n) is 5.44. The molecule has 3 nitrogen and oxygen atoms in total. The average Bonchev–Trinajstić information content (AvgIpc) is 1.99. The van der Waals surface area contributed by atoms with Crippen LogP contribution in [-0.4, -0.2) is 35.6 Å². The van der Waals surface area contributed by atoms with E-state index in [-0.39, 0.29) is 0 Å². The van der Waals surface area contributed by atoms with Crippen molar-refractivity contribution >= 4 is 5.97 Å². The first-order valence-corrected chi connectivity index (χ1v) is 5.44. The minimum atomic E-state index is -0.671. The number of carboxylic acids is 1. The van der Waals surface area contributed by atoms with E-state index in [0.717, 1.165) is 25.8 Å². The summed E-state index contributed by atoms with van der Waals surface area (Å²) in [5.74, 6) is -0.671. The van der Waals surface area contributed by atoms with Crippen LogP contribution >= 0.6 is 0 Å². The molecule has 1 N–H and O–H groups in total. The van der Waals surface area contributed by atoms with Gasteiger partial charge in [0.15, 0.2) is 0 Å². The molecule has 0 amide bonds. The summed E-state index contributed by atoms with van der Waals surface area (Å²) >= 11 is 0. The number of rotatable bonds is 6. The highest BCUT2D eigenvalue weighted by Crippen LogP contribution is 2.28. The van der Waals surface area contributed by atoms with Gasteiger partial charge >= 0.3 is 5.97 Å². The van der Waals surface area contributed by atoms with Gasteiger partial charge in [0.05, 0.1) is 0 Å². The maximum absolute atomic E-state index is 10.2. The summed E-state index contributed by atoms with van der Waals surface area (Å²) in [6.45, 7) is 8.11. The van der Waals surface area contributed by atoms with Crippen molar-refractivity contribution in [2.24, 2.45) is 5.41 Å². The second-order valence-electron chi connectivity index (χ2n) is 5.08. The van der Waals surface area contributed by atoms with Gasteiger partial charge in [-0.2, -0.15) is 0 Å². The predicted molar refractivity (Wildman–Crippen MR) is 56.3 cm³/mol. The summed E-state index contributed by atoms with van der Waals surface area (Å²) in [6, 6.07) is 0. The zero-order valence-corrected chi connectivity index (χ0v) is 9.25. The molecular weight excluding hydrogens is 178 g/mol. The van der Waals surface area contributed by atoms with Crippen LogP contribution < -0.4 is 0 Å². The third kappa shape index (κ3) is 4.09. The molecule has 1 aliphatic heterocycles. The van der Waals surface area contributed by atoms with Gasteiger partial charge in [-0.1, -0.05) is 20.3 Å². The van der Waals surface area contributed by atoms with Crippen LogP contribution in [0.25, 0.3) is 0 Å². The van der Waals surface area contributed by atoms with Gasteiger partial charge in [0.25, 0.3) is 0 Å². The number of unbranched alkanes of at least 4 members (excludes halogenated alkanes) is 2. The Kier molecular flexibility index (Phi) is 3.93. The number of carboxylic acid groups (broad SMARTS) is 1. The van der Waals surface area contributed by atoms with Gasteiger partial charge in [0.2, 0.25) is 0 Å². The van der Waals surface area contributed by atoms with Crippen LogP contribution in [0, 0.1) is 5.41 Å². The molecule has 14 heavy (non-hydrogen) atoms. The first kappa shape index (κ1) is 11.5. The lowest BCUT2D eigenvalue weighted by molar-refractivity contribution is -0.137. The standard InChI is InChI=1S/C11H21NO2/c1-11(2)8-12(9-11)7-5-3-4-6-10(13)14/h3-9H2,1-2H3,(H,13,14). The maximum Gasteiger partial charge on any atom is 0.303 e. The smallest absolute Gasteiger partial charge is 0.303 e. The number of aliphatic carboxylic acids is 1. The summed E-state index contributed by atoms with van der Waals surface area (Å²) in [4.78, 5) is 12.7. The molecule has 1 fully saturated rings. The van der Waals surface area contributed by atoms with E-state index in [0.29, 0.717) is 11.8 Å². The fourth-order valence-electron chi connectivity index (χ4n) is 2.11. The number of hydrogen-bond donors (Lipinski definition) is 1. The zero-order valence-electron chi connectivity index (χ0n) is 9.25. The van der Waals surface area contributed by atoms with Crippen LogP contribution in [0.4, 0.5) is 0 Å². The fourth-order valence-corrected chi connectivity index (χ4v) is 2.11. The number of carbonyl (C=O) groups is 1. The molecule has 0 aromatic rings. The van der Waals surface area contributed by atoms with Crippen LogP contribution in [0.5, 0.6) is 0 Å². The van der Waals surface area contributed by atoms with Crippen LogP contribution in [0.15, 0.2) is 0 Å². The predicted octanol–water partition coefficient (Wildman–Crippen LogP) is 1.97. The zero-order chi connectivity index (χ0) is 10.6. The highest BCUT2D eigenvalue weighted by Gasteiger charge is 2.32. The second-order valence-corrected chi connectivity index (χ2v) is 5.08. The SMILES string of the molecule is CC1(C)CN(CCCCCC(=O)O)C1. The maximum atomic E-state index is 10.2. The van der Waals surface area contributed by atoms with E-state index in [4.69, 9.17) is 5.11 Å². The Morgan fingerprint density at radius 3 is 2.43 bits per heavy atom. The molecule has 3 heteroatoms. The Labute approximate surface area is 86.1 Å². The highest BCUT2D eigenvalue weighted by atomic mass is 16.4. The van der Waals surface area contributed by atoms with Crippen molar-refractivity contribution in [2.75, 3.05) is 19.6 Å². The lowest BCUT2D eigenvalue weighted by atomic mass is 9.84. The molecule has 0 atom stereocenters. The van der Waals surface area contributed by atoms with Crippen molar-refractivity contribution < 1.29 is 9.90 Å². The molecule has 0 unspecified atom stereocenters. The largest absolute Gasteiger partial charge is 0.481 e. The van der Waals surface area contributed by atoms with E-state index in [1.165, 1.54) is 13.1 Å². The van der Waals surface area contributed by atoms with E-state index in [2.05, 4.69) is 18.7 Å². The molecule has 82 valence electrons. The van der Waals surface area contributed by atoms with Crippen LogP contribution in [0.3, 0.4) is 0 Å². The van der Waals surface area contributed by atoms with Crippen molar-refractivity contribution in [2.45, 2.75) is 39.5 Å². The Morgan fingerprint density at radius 1 is 1.29 bits per heavy atom. The first-order chi connectivity index (χ1) is 6.49. The van der Waals surface area contributed by atoms with Crippen LogP contribution in [0.1, 0.15) is 39.5 Å². The molecule has 1 saturated heterocycles. The molecule has 0 spiro atoms. The summed E-state index contributed by atoms with van der Waals surface area (Å²) in [5.41, 5.74) is 0.515. The molecular formula is C11H21NO2. The Bertz CT molecular complexity index is 193. The van der Waals surface area contributed by atoms with Crippen molar-refractivity contribution in [1.29, 1.82) is 0 Å². The fraction of sp³-hybridized carbons (Fsp3) is 0.909. The van der Waals surface area contributed by atoms with E-state index < -0.39 is 5.97 Å². The van der Waals surface area contributed by atoms with Gasteiger partial charge in [0.1, 0.15) is 0 Å². The minimum Gasteiger partial charge on any atom is -0.481 e. The van der Waals surface area contributed by atoms with Crippen molar-refractivity contribution in [1.82, 2.24) is 4.90 Å². The number of nitrogens with zero attached hydrogens (tertiary/aromatic N) is 1. The van der Waals surface area contributed by atoms with Crippen LogP contribution in [0.2, 0.25) is 0 Å². The minimum absolute atomic E-state index is 0.325. The lowest BCUT2D eigenvalue weighted by Gasteiger charge is -2.46. The lowest BCUT2D eigenvalue weighted by Crippen LogP contribution is -2.52. The Morgan fingerprint density at radius 2 is 1.93 bits per heavy atom. The molecule has 0 aliphatic carbocycles. The highest BCUT2D eigenvalue weighted by molar-refractivity contribution is 5.66. The summed E-state index contributed by atoms with van der Waals surface area (Å²) in [7, 11) is 0. The molecule has 0 bridgehead atoms. The van der Waals surface area contributed by atoms with Gasteiger partial charge < -0.3 is 10.0 Å². The average molecular weight is 199 g/mol. The van der Waals surface area contributed by atoms with E-state index in [1.54, 1.807) is 0 Å². The Balaban J connectivity index is 1.89. The van der Waals surface area contributed by atoms with Crippen molar-refractivity contribution in [3.8, 4) is 0 Å². The van der Waals surface area contributed by atoms with Gasteiger partial charge in [-0.15, -0.1) is 0 Å². The number of likely N-dealkylation sites (tertiary alicyclic amines) is 1. The third-order valence-corrected chi connectivity index (χ3v) is 2.67. The summed E-state index contributed by atoms with van der Waals surface area (Å²) in [6.07, 6.45) is 3.34. The third-order valence-electron chi connectivity index (χ3n) is 2.67. The molecule has 1 rings (SSSR count). The molecule has 1 aliphatic rings. The number of hydrogen-bond acceptors (Lipinski definition) is 2. The molecule has 1 heterocycles. The molecule has 0 aromatic heterocycles. The van der Waals surface area contributed by atoms with E-state index in [9.17, 15) is 4.79 Å². The monoisotopic (exact) mass is 199 g/mol. The van der Waals surface area contributed by atoms with Gasteiger partial charge in [-0.3, -0.25) is 4.79 Å². The Hall–Kier alpha value is -0.570. The van der Waals surface area contributed by atoms with Gasteiger partial charge in [0, 0.05) is 19.5 Å². The van der Waals surface area contributed by atoms with Gasteiger partial charge in [-0.05, 0) is 24.8 Å². The normalized spacial score (nSPS) is 20.4. The summed E-state index contributed by atoms with van der Waals surface area (Å²) in [5, 5.41) is 8.44. The molecule has 0 radical (unpaired) electrons. The summed E-state index contributed by atoms with van der Waals surface area (Å²) < 4.78 is 0. The van der Waals surface area contributed by atoms with Crippen molar-refractivity contribution in [3.05, 3.63) is 0 Å².